The standard InChI is InChI=1S/C36H60O7/c1-31(2)15-16-35(30(41)28-27(39)29(40)36(42,17-18-37)20-43-28)14-9-22-21(23(35)19-31)7-8-25-33(22,5)12-10-24-32(3,4)26(38)11-13-34(24,25)6/h7,22-30,37-42H,8-20H2,1-6H3/t22?,23?,24?,25?,26-,27?,28-,29?,30+,33-,34-,35+,36?/m0/s1. The van der Waals surface area contributed by atoms with Crippen LogP contribution in [0.4, 0.5) is 0 Å². The van der Waals surface area contributed by atoms with Crippen molar-refractivity contribution in [1.82, 2.24) is 0 Å². The van der Waals surface area contributed by atoms with Crippen LogP contribution in [-0.4, -0.2) is 80.0 Å². The fourth-order valence-corrected chi connectivity index (χ4v) is 12.4. The first kappa shape index (κ1) is 32.4. The molecule has 1 aliphatic heterocycles. The van der Waals surface area contributed by atoms with E-state index in [1.54, 1.807) is 0 Å². The van der Waals surface area contributed by atoms with Crippen LogP contribution in [0.5, 0.6) is 0 Å². The minimum absolute atomic E-state index is 0.0771. The quantitative estimate of drug-likeness (QED) is 0.263. The Hall–Kier alpha value is -0.540. The first-order valence-corrected chi connectivity index (χ1v) is 17.3. The minimum atomic E-state index is -1.73. The van der Waals surface area contributed by atoms with Gasteiger partial charge in [-0.3, -0.25) is 0 Å². The lowest BCUT2D eigenvalue weighted by molar-refractivity contribution is -0.273. The number of ether oxygens (including phenoxy) is 1. The van der Waals surface area contributed by atoms with Crippen molar-refractivity contribution in [2.75, 3.05) is 13.2 Å². The van der Waals surface area contributed by atoms with Crippen molar-refractivity contribution in [2.45, 2.75) is 148 Å². The summed E-state index contributed by atoms with van der Waals surface area (Å²) < 4.78 is 6.02. The molecular weight excluding hydrogens is 544 g/mol. The molecule has 5 aliphatic carbocycles. The van der Waals surface area contributed by atoms with Crippen molar-refractivity contribution in [3.8, 4) is 0 Å². The predicted octanol–water partition coefficient (Wildman–Crippen LogP) is 4.35. The predicted molar refractivity (Wildman–Crippen MR) is 165 cm³/mol. The lowest BCUT2D eigenvalue weighted by Crippen LogP contribution is -2.67. The van der Waals surface area contributed by atoms with Crippen LogP contribution in [-0.2, 0) is 4.74 Å². The summed E-state index contributed by atoms with van der Waals surface area (Å²) in [6.45, 7) is 13.8. The van der Waals surface area contributed by atoms with E-state index in [1.165, 1.54) is 12.0 Å². The second kappa shape index (κ2) is 10.5. The maximum absolute atomic E-state index is 12.2. The van der Waals surface area contributed by atoms with E-state index in [1.807, 2.05) is 0 Å². The van der Waals surface area contributed by atoms with Crippen molar-refractivity contribution in [3.05, 3.63) is 11.6 Å². The summed E-state index contributed by atoms with van der Waals surface area (Å²) in [5.41, 5.74) is -0.264. The average Bonchev–Trinajstić information content (AvgIpc) is 2.93. The van der Waals surface area contributed by atoms with Gasteiger partial charge < -0.3 is 35.4 Å². The number of rotatable bonds is 4. The summed E-state index contributed by atoms with van der Waals surface area (Å²) in [6, 6.07) is 0. The summed E-state index contributed by atoms with van der Waals surface area (Å²) >= 11 is 0. The van der Waals surface area contributed by atoms with Gasteiger partial charge in [-0.05, 0) is 110 Å². The molecule has 246 valence electrons. The molecule has 0 spiro atoms. The van der Waals surface area contributed by atoms with E-state index in [2.05, 4.69) is 47.6 Å². The van der Waals surface area contributed by atoms with Crippen LogP contribution >= 0.6 is 0 Å². The Morgan fingerprint density at radius 3 is 2.26 bits per heavy atom. The molecule has 5 fully saturated rings. The third-order valence-electron chi connectivity index (χ3n) is 15.1. The monoisotopic (exact) mass is 604 g/mol. The van der Waals surface area contributed by atoms with Crippen LogP contribution in [0, 0.1) is 50.7 Å². The maximum atomic E-state index is 12.2. The van der Waals surface area contributed by atoms with E-state index in [0.717, 1.165) is 57.8 Å². The van der Waals surface area contributed by atoms with Crippen molar-refractivity contribution in [1.29, 1.82) is 0 Å². The Bertz CT molecular complexity index is 1100. The molecule has 0 bridgehead atoms. The first-order chi connectivity index (χ1) is 20.0. The van der Waals surface area contributed by atoms with Crippen molar-refractivity contribution < 1.29 is 35.4 Å². The molecule has 0 aromatic heterocycles. The molecule has 6 aliphatic rings. The van der Waals surface area contributed by atoms with E-state index < -0.39 is 35.4 Å². The molecule has 1 heterocycles. The summed E-state index contributed by atoms with van der Waals surface area (Å²) in [7, 11) is 0. The van der Waals surface area contributed by atoms with E-state index in [-0.39, 0.29) is 53.3 Å². The molecule has 1 saturated heterocycles. The molecule has 0 aromatic rings. The topological polar surface area (TPSA) is 131 Å². The van der Waals surface area contributed by atoms with Gasteiger partial charge in [-0.15, -0.1) is 0 Å². The highest BCUT2D eigenvalue weighted by Crippen LogP contribution is 2.72. The zero-order valence-corrected chi connectivity index (χ0v) is 27.6. The van der Waals surface area contributed by atoms with Crippen molar-refractivity contribution >= 4 is 0 Å². The zero-order valence-electron chi connectivity index (χ0n) is 27.6. The fourth-order valence-electron chi connectivity index (χ4n) is 12.4. The summed E-state index contributed by atoms with van der Waals surface area (Å²) in [6.07, 6.45) is 7.30. The van der Waals surface area contributed by atoms with Crippen LogP contribution in [0.2, 0.25) is 0 Å². The Balaban J connectivity index is 1.34. The van der Waals surface area contributed by atoms with Gasteiger partial charge in [-0.2, -0.15) is 0 Å². The Morgan fingerprint density at radius 2 is 1.56 bits per heavy atom. The number of hydrogen-bond donors (Lipinski definition) is 6. The van der Waals surface area contributed by atoms with E-state index >= 15 is 0 Å². The number of allylic oxidation sites excluding steroid dienone is 2. The van der Waals surface area contributed by atoms with Crippen LogP contribution in [0.1, 0.15) is 112 Å². The molecule has 0 amide bonds. The molecule has 6 N–H and O–H groups in total. The normalized spacial score (nSPS) is 53.0. The van der Waals surface area contributed by atoms with Crippen LogP contribution in [0.15, 0.2) is 11.6 Å². The molecule has 7 nitrogen and oxygen atoms in total. The van der Waals surface area contributed by atoms with Crippen molar-refractivity contribution in [2.24, 2.45) is 50.7 Å². The van der Waals surface area contributed by atoms with Gasteiger partial charge in [0.05, 0.1) is 18.8 Å². The summed E-state index contributed by atoms with van der Waals surface area (Å²) in [5.74, 6) is 1.70. The van der Waals surface area contributed by atoms with E-state index in [4.69, 9.17) is 4.74 Å². The number of fused-ring (bicyclic) bond motifs is 7. The molecule has 0 aromatic carbocycles. The van der Waals surface area contributed by atoms with Gasteiger partial charge in [-0.1, -0.05) is 53.2 Å². The van der Waals surface area contributed by atoms with Gasteiger partial charge in [0.25, 0.3) is 0 Å². The highest BCUT2D eigenvalue weighted by atomic mass is 16.5. The van der Waals surface area contributed by atoms with Crippen LogP contribution < -0.4 is 0 Å². The van der Waals surface area contributed by atoms with Gasteiger partial charge in [0.15, 0.2) is 0 Å². The molecule has 0 radical (unpaired) electrons. The van der Waals surface area contributed by atoms with Crippen molar-refractivity contribution in [3.63, 3.8) is 0 Å². The Kier molecular flexibility index (Phi) is 7.90. The van der Waals surface area contributed by atoms with Gasteiger partial charge in [0.1, 0.15) is 23.9 Å². The minimum Gasteiger partial charge on any atom is -0.396 e. The third-order valence-corrected chi connectivity index (χ3v) is 15.1. The van der Waals surface area contributed by atoms with E-state index in [9.17, 15) is 30.6 Å². The lowest BCUT2D eigenvalue weighted by atomic mass is 9.36. The van der Waals surface area contributed by atoms with Gasteiger partial charge in [-0.25, -0.2) is 0 Å². The van der Waals surface area contributed by atoms with Gasteiger partial charge in [0, 0.05) is 18.4 Å². The molecular formula is C36H60O7. The summed E-state index contributed by atoms with van der Waals surface area (Å²) in [4.78, 5) is 0. The highest BCUT2D eigenvalue weighted by molar-refractivity contribution is 5.30. The molecule has 43 heavy (non-hydrogen) atoms. The third kappa shape index (κ3) is 4.60. The van der Waals surface area contributed by atoms with Crippen LogP contribution in [0.3, 0.4) is 0 Å². The number of hydrogen-bond acceptors (Lipinski definition) is 7. The largest absolute Gasteiger partial charge is 0.396 e. The van der Waals surface area contributed by atoms with Gasteiger partial charge in [0.2, 0.25) is 0 Å². The second-order valence-corrected chi connectivity index (χ2v) is 17.9. The average molecular weight is 605 g/mol. The number of aliphatic hydroxyl groups excluding tert-OH is 5. The summed E-state index contributed by atoms with van der Waals surface area (Å²) in [5, 5.41) is 65.6. The lowest BCUT2D eigenvalue weighted by Gasteiger charge is -2.68. The highest BCUT2D eigenvalue weighted by Gasteiger charge is 2.66. The molecule has 4 saturated carbocycles. The SMILES string of the molecule is CC1(C)CC[C@]2([C@H](O)[C@H]3OCC(O)(CCO)C(O)C3O)CCC3C(=CCC4[C@@]3(C)CCC3C(C)(C)[C@@H](O)CC[C@@]34C)C2C1. The smallest absolute Gasteiger partial charge is 0.119 e. The zero-order chi connectivity index (χ0) is 31.4. The van der Waals surface area contributed by atoms with E-state index in [0.29, 0.717) is 17.8 Å². The fraction of sp³-hybridized carbons (Fsp3) is 0.944. The molecule has 6 rings (SSSR count). The number of aliphatic hydroxyl groups is 6. The van der Waals surface area contributed by atoms with Gasteiger partial charge >= 0.3 is 0 Å². The van der Waals surface area contributed by atoms with Crippen LogP contribution in [0.25, 0.3) is 0 Å². The molecule has 13 atom stereocenters. The Morgan fingerprint density at radius 1 is 0.860 bits per heavy atom. The Labute approximate surface area is 259 Å². The molecule has 7 unspecified atom stereocenters. The second-order valence-electron chi connectivity index (χ2n) is 17.9. The first-order valence-electron chi connectivity index (χ1n) is 17.3. The maximum Gasteiger partial charge on any atom is 0.119 e. The molecule has 7 heteroatoms.